The second-order valence-electron chi connectivity index (χ2n) is 5.77. The van der Waals surface area contributed by atoms with Crippen LogP contribution in [-0.2, 0) is 4.74 Å². The van der Waals surface area contributed by atoms with Crippen molar-refractivity contribution in [3.63, 3.8) is 0 Å². The molecule has 0 bridgehead atoms. The molecule has 2 N–H and O–H groups in total. The lowest BCUT2D eigenvalue weighted by atomic mass is 10.1. The average Bonchev–Trinajstić information content (AvgIpc) is 2.85. The van der Waals surface area contributed by atoms with Gasteiger partial charge in [-0.15, -0.1) is 0 Å². The number of alkyl carbamates (subject to hydrolysis) is 1. The van der Waals surface area contributed by atoms with E-state index in [1.54, 1.807) is 6.33 Å². The number of nitrogens with one attached hydrogen (secondary N) is 2. The van der Waals surface area contributed by atoms with E-state index in [9.17, 15) is 4.79 Å². The van der Waals surface area contributed by atoms with Gasteiger partial charge in [0.2, 0.25) is 0 Å². The first-order valence-corrected chi connectivity index (χ1v) is 7.01. The first kappa shape index (κ1) is 15.1. The van der Waals surface area contributed by atoms with Gasteiger partial charge in [-0.2, -0.15) is 0 Å². The number of ether oxygens (including phenoxy) is 1. The minimum Gasteiger partial charge on any atom is -0.444 e. The monoisotopic (exact) mass is 287 g/mol. The van der Waals surface area contributed by atoms with Gasteiger partial charge < -0.3 is 15.0 Å². The molecule has 0 unspecified atom stereocenters. The molecule has 5 heteroatoms. The second-order valence-corrected chi connectivity index (χ2v) is 5.77. The number of para-hydroxylation sites is 1. The number of hydrogen-bond acceptors (Lipinski definition) is 3. The summed E-state index contributed by atoms with van der Waals surface area (Å²) in [5.41, 5.74) is 2.57. The molecule has 2 rings (SSSR count). The molecule has 0 aliphatic heterocycles. The molecule has 0 fully saturated rings. The Labute approximate surface area is 124 Å². The van der Waals surface area contributed by atoms with Crippen LogP contribution >= 0.6 is 0 Å². The minimum atomic E-state index is -0.463. The van der Waals surface area contributed by atoms with E-state index >= 15 is 0 Å². The largest absolute Gasteiger partial charge is 0.444 e. The van der Waals surface area contributed by atoms with Crippen molar-refractivity contribution in [1.29, 1.82) is 0 Å². The second kappa shape index (κ2) is 6.43. The topological polar surface area (TPSA) is 67.0 Å². The maximum atomic E-state index is 11.5. The van der Waals surface area contributed by atoms with Gasteiger partial charge in [-0.3, -0.25) is 0 Å². The van der Waals surface area contributed by atoms with Crippen molar-refractivity contribution in [1.82, 2.24) is 15.3 Å². The number of fused-ring (bicyclic) bond motifs is 1. The third kappa shape index (κ3) is 4.63. The number of amides is 1. The van der Waals surface area contributed by atoms with Gasteiger partial charge in [0.15, 0.2) is 0 Å². The van der Waals surface area contributed by atoms with Crippen LogP contribution in [0.25, 0.3) is 17.1 Å². The van der Waals surface area contributed by atoms with Crippen molar-refractivity contribution in [3.05, 3.63) is 36.2 Å². The van der Waals surface area contributed by atoms with E-state index in [-0.39, 0.29) is 6.09 Å². The molecule has 0 aliphatic carbocycles. The summed E-state index contributed by atoms with van der Waals surface area (Å²) in [6.45, 7) is 6.08. The molecule has 1 aromatic heterocycles. The van der Waals surface area contributed by atoms with Crippen molar-refractivity contribution in [2.75, 3.05) is 6.54 Å². The minimum absolute atomic E-state index is 0.384. The highest BCUT2D eigenvalue weighted by molar-refractivity contribution is 5.84. The zero-order valence-electron chi connectivity index (χ0n) is 12.6. The third-order valence-electron chi connectivity index (χ3n) is 2.76. The average molecular weight is 287 g/mol. The molecule has 1 heterocycles. The number of hydrogen-bond donors (Lipinski definition) is 2. The fraction of sp³-hybridized carbons (Fsp3) is 0.375. The summed E-state index contributed by atoms with van der Waals surface area (Å²) < 4.78 is 5.16. The third-order valence-corrected chi connectivity index (χ3v) is 2.76. The first-order valence-electron chi connectivity index (χ1n) is 7.01. The van der Waals surface area contributed by atoms with Crippen LogP contribution in [0.15, 0.2) is 30.6 Å². The molecule has 2 aromatic rings. The van der Waals surface area contributed by atoms with Crippen molar-refractivity contribution in [3.8, 4) is 0 Å². The van der Waals surface area contributed by atoms with Crippen LogP contribution in [0.1, 0.15) is 32.8 Å². The van der Waals surface area contributed by atoms with Gasteiger partial charge in [-0.25, -0.2) is 9.78 Å². The van der Waals surface area contributed by atoms with Crippen LogP contribution in [0, 0.1) is 0 Å². The van der Waals surface area contributed by atoms with Gasteiger partial charge in [-0.1, -0.05) is 24.3 Å². The number of nitrogens with zero attached hydrogens (tertiary/aromatic N) is 1. The maximum Gasteiger partial charge on any atom is 0.407 e. The normalized spacial score (nSPS) is 12.0. The van der Waals surface area contributed by atoms with Crippen LogP contribution in [0.2, 0.25) is 0 Å². The Morgan fingerprint density at radius 3 is 3.00 bits per heavy atom. The molecule has 0 spiro atoms. The number of H-pyrrole nitrogens is 1. The van der Waals surface area contributed by atoms with Crippen molar-refractivity contribution >= 4 is 23.2 Å². The Kier molecular flexibility index (Phi) is 4.62. The molecule has 5 nitrogen and oxygen atoms in total. The fourth-order valence-electron chi connectivity index (χ4n) is 1.90. The SMILES string of the molecule is CC(C)(C)OC(=O)NCCC=Cc1cccc2[nH]cnc12. The highest BCUT2D eigenvalue weighted by atomic mass is 16.6. The number of aromatic nitrogens is 2. The number of imidazole rings is 1. The van der Waals surface area contributed by atoms with Crippen LogP contribution in [0.5, 0.6) is 0 Å². The molecule has 0 aliphatic rings. The molecule has 1 aromatic carbocycles. The zero-order chi connectivity index (χ0) is 15.3. The maximum absolute atomic E-state index is 11.5. The summed E-state index contributed by atoms with van der Waals surface area (Å²) in [6, 6.07) is 5.99. The van der Waals surface area contributed by atoms with Gasteiger partial charge in [0, 0.05) is 12.1 Å². The molecule has 0 saturated heterocycles. The van der Waals surface area contributed by atoms with Crippen LogP contribution in [0.4, 0.5) is 4.79 Å². The Hall–Kier alpha value is -2.30. The van der Waals surface area contributed by atoms with Crippen LogP contribution in [-0.4, -0.2) is 28.2 Å². The van der Waals surface area contributed by atoms with E-state index in [1.165, 1.54) is 0 Å². The van der Waals surface area contributed by atoms with E-state index in [1.807, 2.05) is 51.1 Å². The van der Waals surface area contributed by atoms with Gasteiger partial charge in [0.05, 0.1) is 17.4 Å². The van der Waals surface area contributed by atoms with Gasteiger partial charge in [0.1, 0.15) is 5.60 Å². The summed E-state index contributed by atoms with van der Waals surface area (Å²) in [5, 5.41) is 2.72. The van der Waals surface area contributed by atoms with Crippen molar-refractivity contribution in [2.45, 2.75) is 32.8 Å². The summed E-state index contributed by atoms with van der Waals surface area (Å²) >= 11 is 0. The predicted molar refractivity (Wildman–Crippen MR) is 84.0 cm³/mol. The Bertz CT molecular complexity index is 638. The lowest BCUT2D eigenvalue weighted by Gasteiger charge is -2.19. The van der Waals surface area contributed by atoms with Gasteiger partial charge in [-0.05, 0) is 33.3 Å². The predicted octanol–water partition coefficient (Wildman–Crippen LogP) is 3.49. The number of carbonyl (C=O) groups is 1. The highest BCUT2D eigenvalue weighted by Crippen LogP contribution is 2.15. The molecule has 0 atom stereocenters. The van der Waals surface area contributed by atoms with Crippen LogP contribution < -0.4 is 5.32 Å². The first-order chi connectivity index (χ1) is 9.96. The van der Waals surface area contributed by atoms with Crippen LogP contribution in [0.3, 0.4) is 0 Å². The summed E-state index contributed by atoms with van der Waals surface area (Å²) in [6.07, 6.45) is 6.07. The van der Waals surface area contributed by atoms with E-state index in [0.29, 0.717) is 6.54 Å². The Morgan fingerprint density at radius 2 is 2.24 bits per heavy atom. The van der Waals surface area contributed by atoms with E-state index < -0.39 is 5.60 Å². The molecule has 112 valence electrons. The molecule has 21 heavy (non-hydrogen) atoms. The molecule has 0 radical (unpaired) electrons. The fourth-order valence-corrected chi connectivity index (χ4v) is 1.90. The van der Waals surface area contributed by atoms with E-state index in [2.05, 4.69) is 15.3 Å². The number of benzene rings is 1. The molecule has 0 saturated carbocycles. The Balaban J connectivity index is 1.81. The lowest BCUT2D eigenvalue weighted by molar-refractivity contribution is 0.0529. The van der Waals surface area contributed by atoms with Gasteiger partial charge >= 0.3 is 6.09 Å². The lowest BCUT2D eigenvalue weighted by Crippen LogP contribution is -2.32. The summed E-state index contributed by atoms with van der Waals surface area (Å²) in [7, 11) is 0. The zero-order valence-corrected chi connectivity index (χ0v) is 12.6. The van der Waals surface area contributed by atoms with Crippen molar-refractivity contribution < 1.29 is 9.53 Å². The highest BCUT2D eigenvalue weighted by Gasteiger charge is 2.15. The Morgan fingerprint density at radius 1 is 1.43 bits per heavy atom. The van der Waals surface area contributed by atoms with Gasteiger partial charge in [0.25, 0.3) is 0 Å². The molecule has 1 amide bonds. The van der Waals surface area contributed by atoms with Crippen molar-refractivity contribution in [2.24, 2.45) is 0 Å². The smallest absolute Gasteiger partial charge is 0.407 e. The summed E-state index contributed by atoms with van der Waals surface area (Å²) in [5.74, 6) is 0. The number of rotatable bonds is 4. The number of aromatic amines is 1. The van der Waals surface area contributed by atoms with E-state index in [0.717, 1.165) is 23.0 Å². The summed E-state index contributed by atoms with van der Waals surface area (Å²) in [4.78, 5) is 18.8. The molecular formula is C16H21N3O2. The quantitative estimate of drug-likeness (QED) is 0.846. The standard InChI is InChI=1S/C16H21N3O2/c1-16(2,3)21-15(20)17-10-5-4-7-12-8-6-9-13-14(12)19-11-18-13/h4,6-9,11H,5,10H2,1-3H3,(H,17,20)(H,18,19). The number of carbonyl (C=O) groups excluding carboxylic acids is 1. The molecular weight excluding hydrogens is 266 g/mol. The van der Waals surface area contributed by atoms with E-state index in [4.69, 9.17) is 4.74 Å².